The van der Waals surface area contributed by atoms with Gasteiger partial charge in [-0.25, -0.2) is 9.59 Å². The Bertz CT molecular complexity index is 433. The van der Waals surface area contributed by atoms with Crippen molar-refractivity contribution in [3.8, 4) is 0 Å². The summed E-state index contributed by atoms with van der Waals surface area (Å²) in [7, 11) is 0. The van der Waals surface area contributed by atoms with Gasteiger partial charge in [0, 0.05) is 17.9 Å². The van der Waals surface area contributed by atoms with Crippen LogP contribution < -0.4 is 10.6 Å². The lowest BCUT2D eigenvalue weighted by Gasteiger charge is -2.14. The van der Waals surface area contributed by atoms with Crippen LogP contribution in [0.5, 0.6) is 0 Å². The minimum Gasteiger partial charge on any atom is -0.480 e. The summed E-state index contributed by atoms with van der Waals surface area (Å²) in [5, 5.41) is 24.4. The van der Waals surface area contributed by atoms with E-state index in [0.717, 1.165) is 11.3 Å². The van der Waals surface area contributed by atoms with Gasteiger partial charge in [-0.3, -0.25) is 0 Å². The smallest absolute Gasteiger partial charge is 0.326 e. The summed E-state index contributed by atoms with van der Waals surface area (Å²) in [6.07, 6.45) is 0.881. The zero-order valence-electron chi connectivity index (χ0n) is 10.7. The summed E-state index contributed by atoms with van der Waals surface area (Å²) in [4.78, 5) is 23.4. The Morgan fingerprint density at radius 3 is 2.79 bits per heavy atom. The molecule has 1 aromatic heterocycles. The van der Waals surface area contributed by atoms with Gasteiger partial charge in [0.15, 0.2) is 0 Å². The van der Waals surface area contributed by atoms with E-state index in [1.54, 1.807) is 11.3 Å². The molecule has 1 rings (SSSR count). The maximum Gasteiger partial charge on any atom is 0.326 e. The number of rotatable bonds is 7. The molecular weight excluding hydrogens is 268 g/mol. The van der Waals surface area contributed by atoms with Crippen molar-refractivity contribution in [1.29, 1.82) is 0 Å². The van der Waals surface area contributed by atoms with E-state index in [1.807, 2.05) is 18.4 Å². The van der Waals surface area contributed by atoms with E-state index in [1.165, 1.54) is 5.56 Å². The number of carbonyl (C=O) groups excluding carboxylic acids is 1. The predicted molar refractivity (Wildman–Crippen MR) is 72.2 cm³/mol. The van der Waals surface area contributed by atoms with Crippen LogP contribution in [0.2, 0.25) is 0 Å². The van der Waals surface area contributed by atoms with Crippen molar-refractivity contribution in [2.24, 2.45) is 0 Å². The van der Waals surface area contributed by atoms with Crippen molar-refractivity contribution in [3.63, 3.8) is 0 Å². The molecule has 1 heterocycles. The largest absolute Gasteiger partial charge is 0.480 e. The highest BCUT2D eigenvalue weighted by Crippen LogP contribution is 2.16. The third-order valence-electron chi connectivity index (χ3n) is 2.65. The number of aliphatic hydroxyl groups excluding tert-OH is 1. The third kappa shape index (κ3) is 4.88. The van der Waals surface area contributed by atoms with Crippen LogP contribution in [0.3, 0.4) is 0 Å². The third-order valence-corrected chi connectivity index (χ3v) is 3.61. The Hall–Kier alpha value is -1.60. The number of carboxylic acids is 1. The predicted octanol–water partition coefficient (Wildman–Crippen LogP) is 0.945. The number of hydrogen-bond acceptors (Lipinski definition) is 4. The molecule has 0 aliphatic rings. The van der Waals surface area contributed by atoms with E-state index < -0.39 is 18.0 Å². The molecule has 0 spiro atoms. The van der Waals surface area contributed by atoms with E-state index in [2.05, 4.69) is 10.6 Å². The van der Waals surface area contributed by atoms with Crippen LogP contribution in [-0.4, -0.2) is 34.9 Å². The topological polar surface area (TPSA) is 98.7 Å². The van der Waals surface area contributed by atoms with Gasteiger partial charge < -0.3 is 20.8 Å². The van der Waals surface area contributed by atoms with Gasteiger partial charge in [-0.15, -0.1) is 11.3 Å². The van der Waals surface area contributed by atoms with Gasteiger partial charge in [-0.2, -0.15) is 0 Å². The number of carboxylic acid groups (broad SMARTS) is 1. The molecular formula is C12H18N2O4S. The highest BCUT2D eigenvalue weighted by Gasteiger charge is 2.19. The van der Waals surface area contributed by atoms with Gasteiger partial charge >= 0.3 is 12.0 Å². The highest BCUT2D eigenvalue weighted by molar-refractivity contribution is 7.10. The number of hydrogen-bond donors (Lipinski definition) is 4. The van der Waals surface area contributed by atoms with Crippen LogP contribution in [0.15, 0.2) is 11.4 Å². The van der Waals surface area contributed by atoms with Crippen molar-refractivity contribution in [2.45, 2.75) is 32.4 Å². The average molecular weight is 286 g/mol. The molecule has 0 aromatic carbocycles. The Morgan fingerprint density at radius 1 is 1.47 bits per heavy atom. The summed E-state index contributed by atoms with van der Waals surface area (Å²) in [6.45, 7) is 2.12. The van der Waals surface area contributed by atoms with Crippen LogP contribution in [0.4, 0.5) is 4.79 Å². The van der Waals surface area contributed by atoms with E-state index in [-0.39, 0.29) is 13.0 Å². The van der Waals surface area contributed by atoms with Crippen LogP contribution in [-0.2, 0) is 17.8 Å². The van der Waals surface area contributed by atoms with Crippen molar-refractivity contribution < 1.29 is 19.8 Å². The number of nitrogens with one attached hydrogen (secondary N) is 2. The average Bonchev–Trinajstić information content (AvgIpc) is 2.83. The highest BCUT2D eigenvalue weighted by atomic mass is 32.1. The first-order valence-corrected chi connectivity index (χ1v) is 6.89. The Morgan fingerprint density at radius 2 is 2.21 bits per heavy atom. The van der Waals surface area contributed by atoms with Gasteiger partial charge in [0.25, 0.3) is 0 Å². The number of aryl methyl sites for hydroxylation is 1. The fourth-order valence-corrected chi connectivity index (χ4v) is 2.51. The normalized spacial score (nSPS) is 11.9. The lowest BCUT2D eigenvalue weighted by molar-refractivity contribution is -0.139. The van der Waals surface area contributed by atoms with E-state index >= 15 is 0 Å². The summed E-state index contributed by atoms with van der Waals surface area (Å²) in [6, 6.07) is 0.390. The quantitative estimate of drug-likeness (QED) is 0.599. The van der Waals surface area contributed by atoms with E-state index in [4.69, 9.17) is 10.2 Å². The molecule has 0 fully saturated rings. The minimum atomic E-state index is -1.16. The lowest BCUT2D eigenvalue weighted by Crippen LogP contribution is -2.46. The van der Waals surface area contributed by atoms with Crippen molar-refractivity contribution in [1.82, 2.24) is 10.6 Å². The van der Waals surface area contributed by atoms with Gasteiger partial charge in [0.1, 0.15) is 6.04 Å². The summed E-state index contributed by atoms with van der Waals surface area (Å²) in [5.41, 5.74) is 1.18. The van der Waals surface area contributed by atoms with Gasteiger partial charge in [-0.1, -0.05) is 6.92 Å². The second-order valence-electron chi connectivity index (χ2n) is 3.95. The fraction of sp³-hybridized carbons (Fsp3) is 0.500. The molecule has 0 aliphatic heterocycles. The Labute approximate surface area is 115 Å². The van der Waals surface area contributed by atoms with Gasteiger partial charge in [0.2, 0.25) is 0 Å². The molecule has 106 valence electrons. The van der Waals surface area contributed by atoms with Crippen LogP contribution in [0.25, 0.3) is 0 Å². The number of amides is 2. The molecule has 0 saturated carbocycles. The number of thiophene rings is 1. The lowest BCUT2D eigenvalue weighted by atomic mass is 10.2. The molecule has 6 nitrogen and oxygen atoms in total. The number of aliphatic hydroxyl groups is 1. The number of urea groups is 1. The molecule has 1 aromatic rings. The SMILES string of the molecule is CCc1ccsc1CNC(=O)NC(CCO)C(=O)O. The first kappa shape index (κ1) is 15.5. The monoisotopic (exact) mass is 286 g/mol. The minimum absolute atomic E-state index is 0.0119. The molecule has 4 N–H and O–H groups in total. The zero-order chi connectivity index (χ0) is 14.3. The molecule has 0 radical (unpaired) electrons. The molecule has 7 heteroatoms. The second kappa shape index (κ2) is 7.75. The van der Waals surface area contributed by atoms with Crippen molar-refractivity contribution >= 4 is 23.3 Å². The second-order valence-corrected chi connectivity index (χ2v) is 4.95. The molecule has 19 heavy (non-hydrogen) atoms. The van der Waals surface area contributed by atoms with Crippen molar-refractivity contribution in [2.75, 3.05) is 6.61 Å². The maximum absolute atomic E-state index is 11.6. The standard InChI is InChI=1S/C12H18N2O4S/c1-2-8-4-6-19-10(8)7-13-12(18)14-9(3-5-15)11(16)17/h4,6,9,15H,2-3,5,7H2,1H3,(H,16,17)(H2,13,14,18). The van der Waals surface area contributed by atoms with E-state index in [9.17, 15) is 9.59 Å². The number of aliphatic carboxylic acids is 1. The maximum atomic E-state index is 11.6. The molecule has 0 saturated heterocycles. The fourth-order valence-electron chi connectivity index (χ4n) is 1.59. The zero-order valence-corrected chi connectivity index (χ0v) is 11.5. The van der Waals surface area contributed by atoms with E-state index in [0.29, 0.717) is 6.54 Å². The molecule has 0 bridgehead atoms. The Balaban J connectivity index is 2.44. The summed E-state index contributed by atoms with van der Waals surface area (Å²) >= 11 is 1.55. The Kier molecular flexibility index (Phi) is 6.31. The molecule has 1 atom stereocenters. The molecule has 2 amide bonds. The van der Waals surface area contributed by atoms with Gasteiger partial charge in [-0.05, 0) is 23.4 Å². The molecule has 0 aliphatic carbocycles. The molecule has 1 unspecified atom stereocenters. The van der Waals surface area contributed by atoms with Crippen LogP contribution >= 0.6 is 11.3 Å². The van der Waals surface area contributed by atoms with Crippen molar-refractivity contribution in [3.05, 3.63) is 21.9 Å². The summed E-state index contributed by atoms with van der Waals surface area (Å²) < 4.78 is 0. The van der Waals surface area contributed by atoms with Crippen LogP contribution in [0, 0.1) is 0 Å². The van der Waals surface area contributed by atoms with Gasteiger partial charge in [0.05, 0.1) is 6.54 Å². The first-order chi connectivity index (χ1) is 9.08. The summed E-state index contributed by atoms with van der Waals surface area (Å²) in [5.74, 6) is -1.16. The van der Waals surface area contributed by atoms with Crippen LogP contribution in [0.1, 0.15) is 23.8 Å². The number of carbonyl (C=O) groups is 2. The first-order valence-electron chi connectivity index (χ1n) is 6.01.